The summed E-state index contributed by atoms with van der Waals surface area (Å²) in [6, 6.07) is 5.48. The first kappa shape index (κ1) is 13.3. The van der Waals surface area contributed by atoms with Gasteiger partial charge in [0.25, 0.3) is 5.91 Å². The summed E-state index contributed by atoms with van der Waals surface area (Å²) in [5, 5.41) is 4.98. The van der Waals surface area contributed by atoms with E-state index in [-0.39, 0.29) is 23.5 Å². The molecule has 0 atom stereocenters. The summed E-state index contributed by atoms with van der Waals surface area (Å²) < 4.78 is 18.0. The second-order valence-corrected chi connectivity index (χ2v) is 4.77. The molecule has 1 fully saturated rings. The summed E-state index contributed by atoms with van der Waals surface area (Å²) in [6.45, 7) is 0. The van der Waals surface area contributed by atoms with Gasteiger partial charge in [0.1, 0.15) is 12.1 Å². The fourth-order valence-electron chi connectivity index (χ4n) is 1.75. The number of hydrogen-bond acceptors (Lipinski definition) is 4. The van der Waals surface area contributed by atoms with Crippen LogP contribution in [0.2, 0.25) is 0 Å². The molecule has 7 heteroatoms. The van der Waals surface area contributed by atoms with E-state index in [1.165, 1.54) is 18.2 Å². The Bertz CT molecular complexity index is 694. The lowest BCUT2D eigenvalue weighted by Crippen LogP contribution is -2.15. The molecule has 2 amide bonds. The fraction of sp³-hybridized carbons (Fsp3) is 0.214. The van der Waals surface area contributed by atoms with Crippen LogP contribution in [0.1, 0.15) is 23.3 Å². The van der Waals surface area contributed by atoms with Crippen molar-refractivity contribution >= 4 is 23.5 Å². The summed E-state index contributed by atoms with van der Waals surface area (Å²) in [5.74, 6) is -1.14. The second-order valence-electron chi connectivity index (χ2n) is 4.77. The number of nitrogens with zero attached hydrogens (tertiary/aromatic N) is 1. The average Bonchev–Trinajstić information content (AvgIpc) is 3.19. The van der Waals surface area contributed by atoms with Crippen LogP contribution < -0.4 is 10.6 Å². The molecule has 0 spiro atoms. The number of amides is 2. The lowest BCUT2D eigenvalue weighted by atomic mass is 10.3. The largest absolute Gasteiger partial charge is 0.431 e. The van der Waals surface area contributed by atoms with Gasteiger partial charge in [-0.15, -0.1) is 0 Å². The minimum atomic E-state index is -0.545. The minimum Gasteiger partial charge on any atom is -0.431 e. The number of carbonyl (C=O) groups excluding carboxylic acids is 2. The van der Waals surface area contributed by atoms with E-state index in [1.807, 2.05) is 0 Å². The Labute approximate surface area is 119 Å². The molecule has 1 heterocycles. The highest BCUT2D eigenvalue weighted by Crippen LogP contribution is 2.30. The van der Waals surface area contributed by atoms with Gasteiger partial charge in [0.15, 0.2) is 5.69 Å². The van der Waals surface area contributed by atoms with Crippen molar-refractivity contribution in [2.24, 2.45) is 5.92 Å². The van der Waals surface area contributed by atoms with Crippen molar-refractivity contribution < 1.29 is 18.4 Å². The Hall–Kier alpha value is -2.70. The van der Waals surface area contributed by atoms with Crippen molar-refractivity contribution in [1.29, 1.82) is 0 Å². The average molecular weight is 289 g/mol. The number of benzene rings is 1. The molecule has 2 aromatic rings. The zero-order valence-corrected chi connectivity index (χ0v) is 10.9. The predicted octanol–water partition coefficient (Wildman–Crippen LogP) is 2.41. The van der Waals surface area contributed by atoms with Crippen LogP contribution in [0.15, 0.2) is 34.9 Å². The SMILES string of the molecule is O=C(Nc1cccc(F)c1)c1coc(NC(=O)C2CC2)n1. The van der Waals surface area contributed by atoms with E-state index in [4.69, 9.17) is 4.42 Å². The molecule has 1 saturated carbocycles. The lowest BCUT2D eigenvalue weighted by molar-refractivity contribution is -0.117. The summed E-state index contributed by atoms with van der Waals surface area (Å²) in [5.41, 5.74) is 0.317. The first-order valence-corrected chi connectivity index (χ1v) is 6.45. The van der Waals surface area contributed by atoms with Gasteiger partial charge >= 0.3 is 6.01 Å². The number of halogens is 1. The molecule has 1 aromatic carbocycles. The molecule has 0 radical (unpaired) electrons. The van der Waals surface area contributed by atoms with Crippen molar-refractivity contribution in [2.45, 2.75) is 12.8 Å². The quantitative estimate of drug-likeness (QED) is 0.905. The molecular weight excluding hydrogens is 277 g/mol. The molecule has 21 heavy (non-hydrogen) atoms. The van der Waals surface area contributed by atoms with E-state index >= 15 is 0 Å². The van der Waals surface area contributed by atoms with Crippen LogP contribution in [0.3, 0.4) is 0 Å². The van der Waals surface area contributed by atoms with E-state index in [2.05, 4.69) is 15.6 Å². The number of nitrogens with one attached hydrogen (secondary N) is 2. The molecule has 0 aliphatic heterocycles. The van der Waals surface area contributed by atoms with Crippen LogP contribution in [-0.2, 0) is 4.79 Å². The number of hydrogen-bond donors (Lipinski definition) is 2. The summed E-state index contributed by atoms with van der Waals surface area (Å²) >= 11 is 0. The van der Waals surface area contributed by atoms with Crippen LogP contribution in [-0.4, -0.2) is 16.8 Å². The maximum Gasteiger partial charge on any atom is 0.302 e. The second kappa shape index (κ2) is 5.35. The van der Waals surface area contributed by atoms with Gasteiger partial charge in [0, 0.05) is 11.6 Å². The zero-order chi connectivity index (χ0) is 14.8. The van der Waals surface area contributed by atoms with Gasteiger partial charge in [0.2, 0.25) is 5.91 Å². The van der Waals surface area contributed by atoms with Crippen LogP contribution >= 0.6 is 0 Å². The van der Waals surface area contributed by atoms with Crippen molar-refractivity contribution in [1.82, 2.24) is 4.98 Å². The highest BCUT2D eigenvalue weighted by molar-refractivity contribution is 6.03. The van der Waals surface area contributed by atoms with Gasteiger partial charge in [-0.05, 0) is 31.0 Å². The van der Waals surface area contributed by atoms with E-state index in [9.17, 15) is 14.0 Å². The maximum atomic E-state index is 13.0. The number of aromatic nitrogens is 1. The zero-order valence-electron chi connectivity index (χ0n) is 10.9. The summed E-state index contributed by atoms with van der Waals surface area (Å²) in [4.78, 5) is 27.3. The first-order valence-electron chi connectivity index (χ1n) is 6.45. The molecule has 1 aromatic heterocycles. The molecule has 108 valence electrons. The maximum absolute atomic E-state index is 13.0. The molecule has 0 saturated heterocycles. The number of anilines is 2. The van der Waals surface area contributed by atoms with Gasteiger partial charge in [-0.1, -0.05) is 6.07 Å². The van der Waals surface area contributed by atoms with E-state index in [1.54, 1.807) is 6.07 Å². The molecular formula is C14H12FN3O3. The highest BCUT2D eigenvalue weighted by Gasteiger charge is 2.30. The smallest absolute Gasteiger partial charge is 0.302 e. The molecule has 1 aliphatic rings. The van der Waals surface area contributed by atoms with E-state index in [0.29, 0.717) is 5.69 Å². The van der Waals surface area contributed by atoms with E-state index in [0.717, 1.165) is 19.1 Å². The summed E-state index contributed by atoms with van der Waals surface area (Å²) in [7, 11) is 0. The van der Waals surface area contributed by atoms with Crippen LogP contribution in [0.25, 0.3) is 0 Å². The molecule has 2 N–H and O–H groups in total. The number of rotatable bonds is 4. The molecule has 1 aliphatic carbocycles. The van der Waals surface area contributed by atoms with Gasteiger partial charge in [-0.25, -0.2) is 4.39 Å². The highest BCUT2D eigenvalue weighted by atomic mass is 19.1. The summed E-state index contributed by atoms with van der Waals surface area (Å²) in [6.07, 6.45) is 2.86. The third-order valence-corrected chi connectivity index (χ3v) is 3.00. The predicted molar refractivity (Wildman–Crippen MR) is 72.2 cm³/mol. The Kier molecular flexibility index (Phi) is 3.39. The third-order valence-electron chi connectivity index (χ3n) is 3.00. The molecule has 0 bridgehead atoms. The van der Waals surface area contributed by atoms with Crippen LogP contribution in [0.5, 0.6) is 0 Å². The molecule has 6 nitrogen and oxygen atoms in total. The Balaban J connectivity index is 1.64. The van der Waals surface area contributed by atoms with Crippen molar-refractivity contribution in [3.63, 3.8) is 0 Å². The minimum absolute atomic E-state index is 0.00496. The van der Waals surface area contributed by atoms with Gasteiger partial charge in [0.05, 0.1) is 0 Å². The Morgan fingerprint density at radius 2 is 2.10 bits per heavy atom. The van der Waals surface area contributed by atoms with Gasteiger partial charge in [-0.2, -0.15) is 4.98 Å². The Morgan fingerprint density at radius 1 is 1.29 bits per heavy atom. The van der Waals surface area contributed by atoms with Gasteiger partial charge < -0.3 is 9.73 Å². The van der Waals surface area contributed by atoms with Gasteiger partial charge in [-0.3, -0.25) is 14.9 Å². The topological polar surface area (TPSA) is 84.2 Å². The number of carbonyl (C=O) groups is 2. The lowest BCUT2D eigenvalue weighted by Gasteiger charge is -2.02. The fourth-order valence-corrected chi connectivity index (χ4v) is 1.75. The van der Waals surface area contributed by atoms with Crippen LogP contribution in [0, 0.1) is 11.7 Å². The van der Waals surface area contributed by atoms with Crippen molar-refractivity contribution in [3.8, 4) is 0 Å². The molecule has 3 rings (SSSR count). The van der Waals surface area contributed by atoms with Crippen molar-refractivity contribution in [3.05, 3.63) is 42.0 Å². The van der Waals surface area contributed by atoms with E-state index < -0.39 is 11.7 Å². The van der Waals surface area contributed by atoms with Crippen LogP contribution in [0.4, 0.5) is 16.1 Å². The van der Waals surface area contributed by atoms with Crippen molar-refractivity contribution in [2.75, 3.05) is 10.6 Å². The number of oxazole rings is 1. The standard InChI is InChI=1S/C14H12FN3O3/c15-9-2-1-3-10(6-9)16-13(20)11-7-21-14(17-11)18-12(19)8-4-5-8/h1-3,6-8H,4-5H2,(H,16,20)(H,17,18,19). The normalized spacial score (nSPS) is 13.8. The third kappa shape index (κ3) is 3.25. The monoisotopic (exact) mass is 289 g/mol. The first-order chi connectivity index (χ1) is 10.1. The molecule has 0 unspecified atom stereocenters. The Morgan fingerprint density at radius 3 is 2.81 bits per heavy atom.